The van der Waals surface area contributed by atoms with Crippen LogP contribution in [0.2, 0.25) is 0 Å². The summed E-state index contributed by atoms with van der Waals surface area (Å²) in [5, 5.41) is 23.2. The molecule has 9 heteroatoms. The lowest BCUT2D eigenvalue weighted by Gasteiger charge is -2.12. The number of aliphatic carboxylic acids is 1. The second kappa shape index (κ2) is 10.5. The van der Waals surface area contributed by atoms with Crippen molar-refractivity contribution in [2.75, 3.05) is 6.61 Å². The third kappa shape index (κ3) is 5.65. The Bertz CT molecular complexity index is 1040. The van der Waals surface area contributed by atoms with Crippen LogP contribution in [0.4, 0.5) is 0 Å². The summed E-state index contributed by atoms with van der Waals surface area (Å²) in [6, 6.07) is 5.01. The van der Waals surface area contributed by atoms with Crippen LogP contribution in [0.5, 0.6) is 5.75 Å². The first kappa shape index (κ1) is 21.5. The highest BCUT2D eigenvalue weighted by atomic mass is 16.5. The van der Waals surface area contributed by atoms with E-state index in [2.05, 4.69) is 22.3 Å². The van der Waals surface area contributed by atoms with Gasteiger partial charge in [0, 0.05) is 24.0 Å². The molecular weight excluding hydrogens is 388 g/mol. The number of hydrogen-bond acceptors (Lipinski definition) is 8. The van der Waals surface area contributed by atoms with E-state index in [-0.39, 0.29) is 11.8 Å². The number of hydrogen-bond donors (Lipinski definition) is 0. The Labute approximate surface area is 173 Å². The van der Waals surface area contributed by atoms with E-state index in [1.54, 1.807) is 6.07 Å². The molecule has 3 rings (SSSR count). The minimum atomic E-state index is -1.08. The van der Waals surface area contributed by atoms with Crippen molar-refractivity contribution < 1.29 is 19.1 Å². The molecule has 1 aromatic carbocycles. The third-order valence-electron chi connectivity index (χ3n) is 4.67. The lowest BCUT2D eigenvalue weighted by molar-refractivity contribution is -0.305. The molecule has 2 aromatic heterocycles. The van der Waals surface area contributed by atoms with Crippen LogP contribution in [0.25, 0.3) is 11.0 Å². The van der Waals surface area contributed by atoms with Gasteiger partial charge >= 0.3 is 0 Å². The molecule has 9 nitrogen and oxygen atoms in total. The smallest absolute Gasteiger partial charge is 0.192 e. The molecule has 3 aromatic rings. The van der Waals surface area contributed by atoms with Crippen LogP contribution in [0.1, 0.15) is 50.4 Å². The van der Waals surface area contributed by atoms with E-state index in [1.165, 1.54) is 17.1 Å². The van der Waals surface area contributed by atoms with E-state index >= 15 is 0 Å². The number of aryl methyl sites for hydroxylation is 3. The molecule has 2 heterocycles. The molecule has 0 aliphatic heterocycles. The zero-order valence-electron chi connectivity index (χ0n) is 17.0. The van der Waals surface area contributed by atoms with Crippen molar-refractivity contribution in [3.63, 3.8) is 0 Å². The van der Waals surface area contributed by atoms with E-state index < -0.39 is 5.97 Å². The maximum absolute atomic E-state index is 12.0. The zero-order valence-corrected chi connectivity index (χ0v) is 17.0. The number of carboxylic acid groups (broad SMARTS) is 1. The van der Waals surface area contributed by atoms with Gasteiger partial charge in [0.2, 0.25) is 0 Å². The Kier molecular flexibility index (Phi) is 7.53. The number of carbonyl (C=O) groups excluding carboxylic acids is 1. The van der Waals surface area contributed by atoms with Crippen LogP contribution >= 0.6 is 0 Å². The number of rotatable bonds is 12. The Morgan fingerprint density at radius 2 is 2.07 bits per heavy atom. The first-order valence-electron chi connectivity index (χ1n) is 10.2. The molecule has 0 aliphatic rings. The van der Waals surface area contributed by atoms with Gasteiger partial charge in [-0.15, -0.1) is 10.2 Å². The number of carboxylic acids is 1. The van der Waals surface area contributed by atoms with Gasteiger partial charge in [0.05, 0.1) is 24.8 Å². The largest absolute Gasteiger partial charge is 0.550 e. The van der Waals surface area contributed by atoms with Crippen molar-refractivity contribution in [1.29, 1.82) is 0 Å². The summed E-state index contributed by atoms with van der Waals surface area (Å²) < 4.78 is 11.6. The van der Waals surface area contributed by atoms with Crippen LogP contribution < -0.4 is 15.3 Å². The Balaban J connectivity index is 1.49. The molecule has 0 aliphatic carbocycles. The average molecular weight is 413 g/mol. The highest BCUT2D eigenvalue weighted by Gasteiger charge is 2.12. The molecule has 0 saturated carbocycles. The third-order valence-corrected chi connectivity index (χ3v) is 4.67. The minimum Gasteiger partial charge on any atom is -0.550 e. The number of aromatic nitrogens is 4. The number of fused-ring (bicyclic) bond motifs is 1. The highest BCUT2D eigenvalue weighted by Crippen LogP contribution is 2.28. The van der Waals surface area contributed by atoms with Gasteiger partial charge in [0.15, 0.2) is 11.3 Å². The minimum absolute atomic E-state index is 0.0214. The maximum atomic E-state index is 12.0. The molecule has 0 bridgehead atoms. The molecule has 0 amide bonds. The number of tetrazole rings is 1. The second-order valence-corrected chi connectivity index (χ2v) is 7.04. The fourth-order valence-corrected chi connectivity index (χ4v) is 3.22. The second-order valence-electron chi connectivity index (χ2n) is 7.04. The normalized spacial score (nSPS) is 11.1. The summed E-state index contributed by atoms with van der Waals surface area (Å²) in [4.78, 5) is 23.9. The van der Waals surface area contributed by atoms with E-state index in [0.717, 1.165) is 37.0 Å². The van der Waals surface area contributed by atoms with Gasteiger partial charge in [0.25, 0.3) is 0 Å². The Hall–Kier alpha value is -3.23. The van der Waals surface area contributed by atoms with Gasteiger partial charge < -0.3 is 19.1 Å². The lowest BCUT2D eigenvalue weighted by Crippen LogP contribution is -2.22. The van der Waals surface area contributed by atoms with Crippen molar-refractivity contribution in [3.8, 4) is 5.75 Å². The van der Waals surface area contributed by atoms with E-state index in [1.807, 2.05) is 6.07 Å². The van der Waals surface area contributed by atoms with E-state index in [4.69, 9.17) is 9.15 Å². The van der Waals surface area contributed by atoms with Crippen molar-refractivity contribution in [1.82, 2.24) is 20.2 Å². The van der Waals surface area contributed by atoms with Crippen LogP contribution in [-0.2, 0) is 24.2 Å². The molecule has 0 atom stereocenters. The Morgan fingerprint density at radius 1 is 1.20 bits per heavy atom. The fourth-order valence-electron chi connectivity index (χ4n) is 3.22. The number of nitrogens with zero attached hydrogens (tertiary/aromatic N) is 4. The molecule has 0 N–H and O–H groups in total. The molecule has 30 heavy (non-hydrogen) atoms. The molecule has 0 radical (unpaired) electrons. The average Bonchev–Trinajstić information content (AvgIpc) is 3.17. The van der Waals surface area contributed by atoms with Crippen LogP contribution in [0, 0.1) is 0 Å². The van der Waals surface area contributed by atoms with Crippen LogP contribution in [-0.4, -0.2) is 32.8 Å². The molecular formula is C21H25N4O5-. The summed E-state index contributed by atoms with van der Waals surface area (Å²) in [6.45, 7) is 3.00. The number of benzene rings is 1. The predicted molar refractivity (Wildman–Crippen MR) is 107 cm³/mol. The summed E-state index contributed by atoms with van der Waals surface area (Å²) >= 11 is 0. The van der Waals surface area contributed by atoms with Gasteiger partial charge in [-0.05, 0) is 49.5 Å². The molecule has 0 spiro atoms. The molecule has 0 unspecified atom stereocenters. The lowest BCUT2D eigenvalue weighted by atomic mass is 10.1. The summed E-state index contributed by atoms with van der Waals surface area (Å²) in [5.74, 6) is 0.296. The van der Waals surface area contributed by atoms with E-state index in [0.29, 0.717) is 42.8 Å². The maximum Gasteiger partial charge on any atom is 0.192 e. The molecule has 0 fully saturated rings. The van der Waals surface area contributed by atoms with Gasteiger partial charge in [0.1, 0.15) is 11.3 Å². The fraction of sp³-hybridized carbons (Fsp3) is 0.476. The summed E-state index contributed by atoms with van der Waals surface area (Å²) in [7, 11) is 0. The van der Waals surface area contributed by atoms with Gasteiger partial charge in [-0.3, -0.25) is 4.79 Å². The predicted octanol–water partition coefficient (Wildman–Crippen LogP) is 1.66. The quantitative estimate of drug-likeness (QED) is 0.411. The number of carbonyl (C=O) groups is 1. The van der Waals surface area contributed by atoms with Gasteiger partial charge in [-0.1, -0.05) is 13.3 Å². The van der Waals surface area contributed by atoms with Gasteiger partial charge in [-0.2, -0.15) is 4.80 Å². The van der Waals surface area contributed by atoms with Gasteiger partial charge in [-0.25, -0.2) is 0 Å². The zero-order chi connectivity index (χ0) is 21.3. The number of unbranched alkanes of at least 4 members (excludes halogenated alkanes) is 1. The first-order chi connectivity index (χ1) is 14.6. The Morgan fingerprint density at radius 3 is 2.87 bits per heavy atom. The topological polar surface area (TPSA) is 123 Å². The first-order valence-corrected chi connectivity index (χ1v) is 10.2. The van der Waals surface area contributed by atoms with Crippen LogP contribution in [0.15, 0.2) is 33.7 Å². The standard InChI is InChI=1S/C21H26N4O5/c1-2-6-16-18(10-9-15-17(26)11-14-30-21(15)16)29-13-4-3-7-19-22-24-25(23-19)12-5-8-20(27)28/h9-11,14H,2-8,12-13H2,1H3,(H,27,28)/p-1. The molecule has 0 saturated heterocycles. The van der Waals surface area contributed by atoms with Crippen molar-refractivity contribution >= 4 is 16.9 Å². The van der Waals surface area contributed by atoms with Crippen molar-refractivity contribution in [3.05, 3.63) is 46.1 Å². The monoisotopic (exact) mass is 413 g/mol. The molecule has 160 valence electrons. The van der Waals surface area contributed by atoms with E-state index in [9.17, 15) is 14.7 Å². The van der Waals surface area contributed by atoms with Crippen molar-refractivity contribution in [2.24, 2.45) is 0 Å². The number of ether oxygens (including phenoxy) is 1. The van der Waals surface area contributed by atoms with Crippen LogP contribution in [0.3, 0.4) is 0 Å². The SMILES string of the molecule is CCCc1c(OCCCCc2nnn(CCCC(=O)[O-])n2)ccc2c(=O)ccoc12. The summed E-state index contributed by atoms with van der Waals surface area (Å²) in [5.41, 5.74) is 1.47. The summed E-state index contributed by atoms with van der Waals surface area (Å²) in [6.07, 6.45) is 5.80. The highest BCUT2D eigenvalue weighted by molar-refractivity contribution is 5.82. The van der Waals surface area contributed by atoms with Crippen molar-refractivity contribution in [2.45, 2.75) is 58.4 Å².